The van der Waals surface area contributed by atoms with E-state index in [2.05, 4.69) is 17.3 Å². The second-order valence-electron chi connectivity index (χ2n) is 4.71. The number of hydrazone groups is 1. The molecule has 0 spiro atoms. The molecule has 1 N–H and O–H groups in total. The highest BCUT2D eigenvalue weighted by atomic mass is 32.1. The summed E-state index contributed by atoms with van der Waals surface area (Å²) in [4.78, 5) is 0. The number of rotatable bonds is 8. The van der Waals surface area contributed by atoms with Crippen molar-refractivity contribution in [1.82, 2.24) is 10.3 Å². The van der Waals surface area contributed by atoms with Crippen molar-refractivity contribution >= 4 is 23.5 Å². The maximum Gasteiger partial charge on any atom is 0.189 e. The number of nitrogens with zero attached hydrogens (tertiary/aromatic N) is 3. The minimum Gasteiger partial charge on any atom is -0.493 e. The van der Waals surface area contributed by atoms with Crippen LogP contribution < -0.4 is 14.8 Å². The molecule has 124 valence electrons. The third-order valence-corrected chi connectivity index (χ3v) is 3.37. The van der Waals surface area contributed by atoms with E-state index in [-0.39, 0.29) is 6.61 Å². The minimum atomic E-state index is -0.0236. The van der Waals surface area contributed by atoms with E-state index in [1.54, 1.807) is 37.5 Å². The molecule has 0 saturated heterocycles. The summed E-state index contributed by atoms with van der Waals surface area (Å²) in [6.07, 6.45) is 3.87. The summed E-state index contributed by atoms with van der Waals surface area (Å²) in [6, 6.07) is 7.29. The van der Waals surface area contributed by atoms with Crippen LogP contribution in [0.4, 0.5) is 0 Å². The van der Waals surface area contributed by atoms with E-state index in [0.29, 0.717) is 16.6 Å². The Morgan fingerprint density at radius 2 is 2.26 bits per heavy atom. The zero-order chi connectivity index (χ0) is 17.1. The lowest BCUT2D eigenvalue weighted by Gasteiger charge is -2.15. The topological polar surface area (TPSA) is 69.9 Å². The molecule has 1 rings (SSSR count). The van der Waals surface area contributed by atoms with Gasteiger partial charge in [-0.05, 0) is 42.4 Å². The van der Waals surface area contributed by atoms with Crippen LogP contribution in [-0.2, 0) is 0 Å². The lowest BCUT2D eigenvalue weighted by atomic mass is 10.2. The molecule has 0 unspecified atom stereocenters. The SMILES string of the molecule is CCCCNC(=S)N(C)N=Cc1ccc(OCC#N)c(OC)c1. The first kappa shape index (κ1) is 18.7. The van der Waals surface area contributed by atoms with E-state index in [0.717, 1.165) is 24.9 Å². The van der Waals surface area contributed by atoms with Crippen molar-refractivity contribution in [1.29, 1.82) is 5.26 Å². The van der Waals surface area contributed by atoms with Crippen LogP contribution in [0.1, 0.15) is 25.3 Å². The fourth-order valence-corrected chi connectivity index (χ4v) is 1.84. The summed E-state index contributed by atoms with van der Waals surface area (Å²) in [5.74, 6) is 1.08. The van der Waals surface area contributed by atoms with E-state index in [9.17, 15) is 0 Å². The maximum atomic E-state index is 8.56. The number of benzene rings is 1. The van der Waals surface area contributed by atoms with Crippen molar-refractivity contribution in [3.05, 3.63) is 23.8 Å². The highest BCUT2D eigenvalue weighted by Crippen LogP contribution is 2.27. The van der Waals surface area contributed by atoms with Gasteiger partial charge in [0.15, 0.2) is 23.2 Å². The van der Waals surface area contributed by atoms with Crippen LogP contribution in [0.25, 0.3) is 0 Å². The molecule has 23 heavy (non-hydrogen) atoms. The smallest absolute Gasteiger partial charge is 0.189 e. The van der Waals surface area contributed by atoms with Gasteiger partial charge in [0, 0.05) is 13.6 Å². The van der Waals surface area contributed by atoms with Crippen LogP contribution in [0.5, 0.6) is 11.5 Å². The van der Waals surface area contributed by atoms with Gasteiger partial charge in [-0.1, -0.05) is 13.3 Å². The summed E-state index contributed by atoms with van der Waals surface area (Å²) >= 11 is 5.25. The van der Waals surface area contributed by atoms with Gasteiger partial charge in [0.25, 0.3) is 0 Å². The molecule has 0 bridgehead atoms. The van der Waals surface area contributed by atoms with E-state index in [1.807, 2.05) is 12.1 Å². The van der Waals surface area contributed by atoms with Crippen LogP contribution >= 0.6 is 12.2 Å². The fourth-order valence-electron chi connectivity index (χ4n) is 1.69. The van der Waals surface area contributed by atoms with Crippen molar-refractivity contribution in [2.24, 2.45) is 5.10 Å². The van der Waals surface area contributed by atoms with E-state index in [1.165, 1.54) is 0 Å². The largest absolute Gasteiger partial charge is 0.493 e. The first-order valence-corrected chi connectivity index (χ1v) is 7.76. The quantitative estimate of drug-likeness (QED) is 0.341. The normalized spacial score (nSPS) is 10.2. The number of unbranched alkanes of at least 4 members (excludes halogenated alkanes) is 1. The van der Waals surface area contributed by atoms with Crippen molar-refractivity contribution in [3.8, 4) is 17.6 Å². The Labute approximate surface area is 142 Å². The molecule has 7 heteroatoms. The molecular weight excluding hydrogens is 312 g/mol. The predicted molar refractivity (Wildman–Crippen MR) is 95.0 cm³/mol. The molecule has 0 aromatic heterocycles. The van der Waals surface area contributed by atoms with Gasteiger partial charge in [-0.3, -0.25) is 0 Å². The molecule has 0 aliphatic heterocycles. The maximum absolute atomic E-state index is 8.56. The summed E-state index contributed by atoms with van der Waals surface area (Å²) in [5.41, 5.74) is 0.842. The molecule has 1 aromatic rings. The summed E-state index contributed by atoms with van der Waals surface area (Å²) in [6.45, 7) is 2.95. The lowest BCUT2D eigenvalue weighted by molar-refractivity contribution is 0.329. The van der Waals surface area contributed by atoms with E-state index < -0.39 is 0 Å². The highest BCUT2D eigenvalue weighted by Gasteiger charge is 2.05. The number of ether oxygens (including phenoxy) is 2. The molecule has 0 saturated carbocycles. The van der Waals surface area contributed by atoms with Gasteiger partial charge >= 0.3 is 0 Å². The van der Waals surface area contributed by atoms with Crippen molar-refractivity contribution < 1.29 is 9.47 Å². The molecular formula is C16H22N4O2S. The minimum absolute atomic E-state index is 0.0236. The number of methoxy groups -OCH3 is 1. The second-order valence-corrected chi connectivity index (χ2v) is 5.10. The summed E-state index contributed by atoms with van der Waals surface area (Å²) in [5, 5.41) is 18.2. The van der Waals surface area contributed by atoms with Gasteiger partial charge in [0.1, 0.15) is 6.07 Å². The number of nitrogens with one attached hydrogen (secondary N) is 1. The van der Waals surface area contributed by atoms with Gasteiger partial charge in [0.2, 0.25) is 0 Å². The van der Waals surface area contributed by atoms with Crippen LogP contribution in [0, 0.1) is 11.3 Å². The molecule has 0 fully saturated rings. The third-order valence-electron chi connectivity index (χ3n) is 2.96. The standard InChI is InChI=1S/C16H22N4O2S/c1-4-5-9-18-16(23)20(2)19-12-13-6-7-14(22-10-8-17)15(11-13)21-3/h6-7,11-12H,4-5,9-10H2,1-3H3,(H,18,23). The van der Waals surface area contributed by atoms with Crippen molar-refractivity contribution in [2.75, 3.05) is 27.3 Å². The molecule has 0 aliphatic carbocycles. The van der Waals surface area contributed by atoms with E-state index in [4.69, 9.17) is 27.0 Å². The second kappa shape index (κ2) is 10.4. The molecule has 0 heterocycles. The molecule has 0 radical (unpaired) electrons. The number of nitriles is 1. The lowest BCUT2D eigenvalue weighted by Crippen LogP contribution is -2.34. The van der Waals surface area contributed by atoms with Gasteiger partial charge < -0.3 is 14.8 Å². The summed E-state index contributed by atoms with van der Waals surface area (Å²) < 4.78 is 10.5. The van der Waals surface area contributed by atoms with Gasteiger partial charge in [0.05, 0.1) is 13.3 Å². The van der Waals surface area contributed by atoms with Crippen molar-refractivity contribution in [3.63, 3.8) is 0 Å². The molecule has 0 atom stereocenters. The average molecular weight is 334 g/mol. The van der Waals surface area contributed by atoms with E-state index >= 15 is 0 Å². The predicted octanol–water partition coefficient (Wildman–Crippen LogP) is 2.54. The highest BCUT2D eigenvalue weighted by molar-refractivity contribution is 7.80. The average Bonchev–Trinajstić information content (AvgIpc) is 2.58. The number of thiocarbonyl (C=S) groups is 1. The Morgan fingerprint density at radius 1 is 1.48 bits per heavy atom. The molecule has 1 aromatic carbocycles. The van der Waals surface area contributed by atoms with Gasteiger partial charge in [-0.25, -0.2) is 5.01 Å². The Balaban J connectivity index is 2.68. The van der Waals surface area contributed by atoms with Crippen LogP contribution in [0.2, 0.25) is 0 Å². The zero-order valence-corrected chi connectivity index (χ0v) is 14.5. The van der Waals surface area contributed by atoms with Gasteiger partial charge in [-0.2, -0.15) is 10.4 Å². The summed E-state index contributed by atoms with van der Waals surface area (Å²) in [7, 11) is 3.34. The fraction of sp³-hybridized carbons (Fsp3) is 0.438. The van der Waals surface area contributed by atoms with Crippen LogP contribution in [0.3, 0.4) is 0 Å². The molecule has 0 aliphatic rings. The number of hydrogen-bond acceptors (Lipinski definition) is 5. The first-order chi connectivity index (χ1) is 11.1. The third kappa shape index (κ3) is 6.53. The van der Waals surface area contributed by atoms with Crippen LogP contribution in [0.15, 0.2) is 23.3 Å². The van der Waals surface area contributed by atoms with Crippen molar-refractivity contribution in [2.45, 2.75) is 19.8 Å². The molecule has 6 nitrogen and oxygen atoms in total. The first-order valence-electron chi connectivity index (χ1n) is 7.35. The molecule has 0 amide bonds. The van der Waals surface area contributed by atoms with Crippen LogP contribution in [-0.4, -0.2) is 43.6 Å². The number of hydrogen-bond donors (Lipinski definition) is 1. The Kier molecular flexibility index (Phi) is 8.47. The Bertz CT molecular complexity index is 584. The Morgan fingerprint density at radius 3 is 2.91 bits per heavy atom. The zero-order valence-electron chi connectivity index (χ0n) is 13.7. The Hall–Kier alpha value is -2.33. The van der Waals surface area contributed by atoms with Gasteiger partial charge in [-0.15, -0.1) is 0 Å². The monoisotopic (exact) mass is 334 g/mol.